The van der Waals surface area contributed by atoms with Crippen molar-refractivity contribution in [3.05, 3.63) is 62.8 Å². The molecule has 1 atom stereocenters. The van der Waals surface area contributed by atoms with Crippen LogP contribution in [0, 0.1) is 5.92 Å². The van der Waals surface area contributed by atoms with Crippen LogP contribution in [0.3, 0.4) is 0 Å². The number of β-amino-alcohol motifs (C(OH)–C–C–N with tert-alkyl or cyclic N) is 1. The van der Waals surface area contributed by atoms with Crippen LogP contribution in [-0.2, 0) is 25.0 Å². The Hall–Kier alpha value is -3.24. The Labute approximate surface area is 184 Å². The first-order valence-electron chi connectivity index (χ1n) is 10.5. The molecule has 0 spiro atoms. The van der Waals surface area contributed by atoms with E-state index in [1.165, 1.54) is 11.6 Å². The molecule has 1 N–H and O–H groups in total. The fourth-order valence-corrected chi connectivity index (χ4v) is 3.92. The van der Waals surface area contributed by atoms with Gasteiger partial charge in [-0.1, -0.05) is 19.9 Å². The van der Waals surface area contributed by atoms with Gasteiger partial charge in [0.1, 0.15) is 17.9 Å². The van der Waals surface area contributed by atoms with Crippen molar-refractivity contribution < 1.29 is 14.7 Å². The average molecular weight is 441 g/mol. The highest BCUT2D eigenvalue weighted by Gasteiger charge is 2.38. The first-order chi connectivity index (χ1) is 15.1. The van der Waals surface area contributed by atoms with E-state index in [9.17, 15) is 19.5 Å². The third-order valence-corrected chi connectivity index (χ3v) is 5.44. The smallest absolute Gasteiger partial charge is 0.331 e. The Morgan fingerprint density at radius 2 is 2.06 bits per heavy atom. The van der Waals surface area contributed by atoms with E-state index in [0.29, 0.717) is 17.8 Å². The Bertz CT molecular complexity index is 1290. The van der Waals surface area contributed by atoms with Crippen molar-refractivity contribution in [2.24, 2.45) is 13.0 Å². The van der Waals surface area contributed by atoms with Crippen molar-refractivity contribution in [3.63, 3.8) is 0 Å². The highest BCUT2D eigenvalue weighted by molar-refractivity contribution is 6.05. The number of hydroxylamine groups is 2. The molecule has 10 heteroatoms. The molecule has 0 saturated carbocycles. The van der Waals surface area contributed by atoms with Crippen LogP contribution in [0.2, 0.25) is 0 Å². The molecule has 1 saturated heterocycles. The summed E-state index contributed by atoms with van der Waals surface area (Å²) in [4.78, 5) is 49.3. The van der Waals surface area contributed by atoms with Crippen molar-refractivity contribution in [3.8, 4) is 0 Å². The fraction of sp³-hybridized carbons (Fsp3) is 0.455. The zero-order valence-corrected chi connectivity index (χ0v) is 18.6. The molecule has 170 valence electrons. The standard InChI is InChI=1S/C22H27N5O5/c1-14(2)9-26-16-11-25(10-15-7-5-6-8-23-15)18(17(16)19(28)24(4)21(26)30)20(29)27-12-22(3,31)13-32-27/h5-8,11,14,31H,9-10,12-13H2,1-4H3. The molecule has 0 aromatic carbocycles. The largest absolute Gasteiger partial charge is 0.386 e. The van der Waals surface area contributed by atoms with Crippen LogP contribution in [0.4, 0.5) is 0 Å². The third-order valence-electron chi connectivity index (χ3n) is 5.44. The van der Waals surface area contributed by atoms with Crippen molar-refractivity contribution in [2.45, 2.75) is 39.5 Å². The minimum atomic E-state index is -1.19. The van der Waals surface area contributed by atoms with Crippen LogP contribution < -0.4 is 11.2 Å². The van der Waals surface area contributed by atoms with Gasteiger partial charge in [0.15, 0.2) is 0 Å². The van der Waals surface area contributed by atoms with Gasteiger partial charge in [0, 0.05) is 26.0 Å². The predicted molar refractivity (Wildman–Crippen MR) is 117 cm³/mol. The molecule has 1 unspecified atom stereocenters. The molecule has 10 nitrogen and oxygen atoms in total. The molecule has 3 aromatic rings. The van der Waals surface area contributed by atoms with Crippen LogP contribution in [-0.4, -0.2) is 53.5 Å². The topological polar surface area (TPSA) is 112 Å². The quantitative estimate of drug-likeness (QED) is 0.625. The zero-order chi connectivity index (χ0) is 23.2. The van der Waals surface area contributed by atoms with Crippen molar-refractivity contribution in [1.82, 2.24) is 23.7 Å². The first-order valence-corrected chi connectivity index (χ1v) is 10.5. The van der Waals surface area contributed by atoms with Gasteiger partial charge >= 0.3 is 5.69 Å². The minimum absolute atomic E-state index is 0.0337. The second-order valence-electron chi connectivity index (χ2n) is 8.95. The second kappa shape index (κ2) is 8.03. The van der Waals surface area contributed by atoms with Crippen LogP contribution in [0.1, 0.15) is 37.0 Å². The molecule has 4 heterocycles. The molecule has 1 aliphatic heterocycles. The maximum absolute atomic E-state index is 13.5. The Kier molecular flexibility index (Phi) is 5.51. The van der Waals surface area contributed by atoms with Gasteiger partial charge in [-0.05, 0) is 25.0 Å². The lowest BCUT2D eigenvalue weighted by Gasteiger charge is -2.17. The van der Waals surface area contributed by atoms with E-state index in [4.69, 9.17) is 4.84 Å². The van der Waals surface area contributed by atoms with Gasteiger partial charge in [-0.3, -0.25) is 28.5 Å². The minimum Gasteiger partial charge on any atom is -0.386 e. The number of aliphatic hydroxyl groups is 1. The summed E-state index contributed by atoms with van der Waals surface area (Å²) >= 11 is 0. The van der Waals surface area contributed by atoms with Gasteiger partial charge in [0.25, 0.3) is 11.5 Å². The van der Waals surface area contributed by atoms with Crippen LogP contribution in [0.5, 0.6) is 0 Å². The van der Waals surface area contributed by atoms with Gasteiger partial charge in [0.05, 0.1) is 29.7 Å². The number of nitrogens with zero attached hydrogens (tertiary/aromatic N) is 5. The molecule has 0 aliphatic carbocycles. The van der Waals surface area contributed by atoms with Crippen LogP contribution >= 0.6 is 0 Å². The molecule has 1 aliphatic rings. The van der Waals surface area contributed by atoms with E-state index in [-0.39, 0.29) is 36.7 Å². The van der Waals surface area contributed by atoms with Gasteiger partial charge in [-0.15, -0.1) is 0 Å². The molecule has 4 rings (SSSR count). The van der Waals surface area contributed by atoms with Gasteiger partial charge in [0.2, 0.25) is 0 Å². The summed E-state index contributed by atoms with van der Waals surface area (Å²) in [6, 6.07) is 5.44. The number of rotatable bonds is 5. The highest BCUT2D eigenvalue weighted by atomic mass is 16.7. The summed E-state index contributed by atoms with van der Waals surface area (Å²) in [7, 11) is 1.41. The summed E-state index contributed by atoms with van der Waals surface area (Å²) in [6.07, 6.45) is 3.30. The molecule has 0 radical (unpaired) electrons. The Balaban J connectivity index is 1.97. The number of hydrogen-bond donors (Lipinski definition) is 1. The van der Waals surface area contributed by atoms with E-state index >= 15 is 0 Å². The third kappa shape index (κ3) is 3.87. The van der Waals surface area contributed by atoms with Crippen LogP contribution in [0.15, 0.2) is 40.2 Å². The maximum atomic E-state index is 13.5. The molecule has 1 fully saturated rings. The summed E-state index contributed by atoms with van der Waals surface area (Å²) in [6.45, 7) is 6.06. The fourth-order valence-electron chi connectivity index (χ4n) is 3.92. The zero-order valence-electron chi connectivity index (χ0n) is 18.6. The molecular weight excluding hydrogens is 414 g/mol. The predicted octanol–water partition coefficient (Wildman–Crippen LogP) is 0.739. The van der Waals surface area contributed by atoms with Gasteiger partial charge in [-0.25, -0.2) is 9.86 Å². The number of amides is 1. The normalized spacial score (nSPS) is 18.8. The number of carbonyl (C=O) groups excluding carboxylic acids is 1. The summed E-state index contributed by atoms with van der Waals surface area (Å²) in [5.74, 6) is -0.413. The number of pyridine rings is 1. The SMILES string of the molecule is CC(C)Cn1c(=O)n(C)c(=O)c2c(C(=O)N3CC(C)(O)CO3)n(Cc3ccccn3)cc21. The van der Waals surface area contributed by atoms with Crippen molar-refractivity contribution in [2.75, 3.05) is 13.2 Å². The number of aromatic nitrogens is 4. The molecule has 1 amide bonds. The van der Waals surface area contributed by atoms with E-state index < -0.39 is 22.8 Å². The van der Waals surface area contributed by atoms with Gasteiger partial charge in [-0.2, -0.15) is 0 Å². The van der Waals surface area contributed by atoms with Crippen molar-refractivity contribution >= 4 is 16.8 Å². The second-order valence-corrected chi connectivity index (χ2v) is 8.95. The van der Waals surface area contributed by atoms with E-state index in [0.717, 1.165) is 9.63 Å². The summed E-state index contributed by atoms with van der Waals surface area (Å²) in [5, 5.41) is 11.5. The van der Waals surface area contributed by atoms with E-state index in [1.54, 1.807) is 30.0 Å². The monoisotopic (exact) mass is 441 g/mol. The molecule has 3 aromatic heterocycles. The number of hydrogen-bond acceptors (Lipinski definition) is 6. The van der Waals surface area contributed by atoms with E-state index in [1.807, 2.05) is 26.0 Å². The lowest BCUT2D eigenvalue weighted by Crippen LogP contribution is -2.40. The Morgan fingerprint density at radius 3 is 2.66 bits per heavy atom. The van der Waals surface area contributed by atoms with Crippen molar-refractivity contribution in [1.29, 1.82) is 0 Å². The number of fused-ring (bicyclic) bond motifs is 1. The highest BCUT2D eigenvalue weighted by Crippen LogP contribution is 2.24. The Morgan fingerprint density at radius 1 is 1.31 bits per heavy atom. The first kappa shape index (κ1) is 22.0. The molecular formula is C22H27N5O5. The lowest BCUT2D eigenvalue weighted by atomic mass is 10.1. The summed E-state index contributed by atoms with van der Waals surface area (Å²) in [5.41, 5.74) is -1.01. The van der Waals surface area contributed by atoms with Crippen LogP contribution in [0.25, 0.3) is 10.9 Å². The maximum Gasteiger partial charge on any atom is 0.331 e. The average Bonchev–Trinajstić information content (AvgIpc) is 3.29. The van der Waals surface area contributed by atoms with Gasteiger partial charge < -0.3 is 9.67 Å². The summed E-state index contributed by atoms with van der Waals surface area (Å²) < 4.78 is 4.17. The molecule has 32 heavy (non-hydrogen) atoms. The molecule has 0 bridgehead atoms. The number of carbonyl (C=O) groups is 1. The van der Waals surface area contributed by atoms with E-state index in [2.05, 4.69) is 4.98 Å². The lowest BCUT2D eigenvalue weighted by molar-refractivity contribution is -0.0801.